The van der Waals surface area contributed by atoms with Crippen molar-refractivity contribution in [3.63, 3.8) is 0 Å². The molecule has 0 saturated heterocycles. The van der Waals surface area contributed by atoms with Crippen molar-refractivity contribution in [3.05, 3.63) is 57.1 Å². The maximum atomic E-state index is 11.2. The first kappa shape index (κ1) is 10.3. The molecule has 0 aliphatic rings. The summed E-state index contributed by atoms with van der Waals surface area (Å²) in [6, 6.07) is 11.3. The normalized spacial score (nSPS) is 10.9. The van der Waals surface area contributed by atoms with Crippen molar-refractivity contribution in [2.24, 2.45) is 0 Å². The van der Waals surface area contributed by atoms with E-state index in [1.54, 1.807) is 17.4 Å². The minimum atomic E-state index is -0.309. The third kappa shape index (κ3) is 1.78. The molecule has 0 unspecified atom stereocenters. The Morgan fingerprint density at radius 1 is 1.12 bits per heavy atom. The maximum absolute atomic E-state index is 11.2. The van der Waals surface area contributed by atoms with Gasteiger partial charge in [-0.15, -0.1) is 11.3 Å². The van der Waals surface area contributed by atoms with Gasteiger partial charge < -0.3 is 4.42 Å². The highest BCUT2D eigenvalue weighted by Crippen LogP contribution is 2.29. The van der Waals surface area contributed by atoms with Crippen molar-refractivity contribution in [2.45, 2.75) is 6.92 Å². The second-order valence-corrected chi connectivity index (χ2v) is 5.02. The second-order valence-electron chi connectivity index (χ2n) is 3.90. The fourth-order valence-corrected chi connectivity index (χ4v) is 2.63. The van der Waals surface area contributed by atoms with Crippen LogP contribution >= 0.6 is 11.3 Å². The van der Waals surface area contributed by atoms with Crippen LogP contribution in [0.15, 0.2) is 51.0 Å². The molecule has 0 bridgehead atoms. The highest BCUT2D eigenvalue weighted by atomic mass is 32.1. The molecule has 2 nitrogen and oxygen atoms in total. The molecule has 0 radical (unpaired) electrons. The highest BCUT2D eigenvalue weighted by molar-refractivity contribution is 7.10. The van der Waals surface area contributed by atoms with Gasteiger partial charge in [0.2, 0.25) is 0 Å². The van der Waals surface area contributed by atoms with Crippen molar-refractivity contribution in [1.82, 2.24) is 0 Å². The average molecular weight is 242 g/mol. The summed E-state index contributed by atoms with van der Waals surface area (Å²) >= 11 is 1.72. The first-order valence-electron chi connectivity index (χ1n) is 5.32. The van der Waals surface area contributed by atoms with Crippen molar-refractivity contribution < 1.29 is 4.42 Å². The summed E-state index contributed by atoms with van der Waals surface area (Å²) < 4.78 is 5.19. The molecule has 0 amide bonds. The van der Waals surface area contributed by atoms with E-state index in [1.807, 2.05) is 12.1 Å². The van der Waals surface area contributed by atoms with Crippen molar-refractivity contribution in [2.75, 3.05) is 0 Å². The van der Waals surface area contributed by atoms with Gasteiger partial charge in [-0.1, -0.05) is 12.1 Å². The topological polar surface area (TPSA) is 30.2 Å². The number of rotatable bonds is 1. The van der Waals surface area contributed by atoms with E-state index in [0.717, 1.165) is 10.9 Å². The third-order valence-electron chi connectivity index (χ3n) is 2.79. The van der Waals surface area contributed by atoms with E-state index in [4.69, 9.17) is 4.42 Å². The van der Waals surface area contributed by atoms with Crippen molar-refractivity contribution in [3.8, 4) is 11.1 Å². The fraction of sp³-hybridized carbons (Fsp3) is 0.0714. The van der Waals surface area contributed by atoms with E-state index >= 15 is 0 Å². The van der Waals surface area contributed by atoms with E-state index in [1.165, 1.54) is 16.5 Å². The van der Waals surface area contributed by atoms with Crippen LogP contribution in [-0.4, -0.2) is 0 Å². The lowest BCUT2D eigenvalue weighted by Crippen LogP contribution is -1.94. The van der Waals surface area contributed by atoms with E-state index in [9.17, 15) is 4.79 Å². The summed E-state index contributed by atoms with van der Waals surface area (Å²) in [5.41, 5.74) is 2.62. The van der Waals surface area contributed by atoms with Gasteiger partial charge in [0.05, 0.1) is 0 Å². The van der Waals surface area contributed by atoms with E-state index in [2.05, 4.69) is 24.4 Å². The first-order valence-corrected chi connectivity index (χ1v) is 6.20. The lowest BCUT2D eigenvalue weighted by molar-refractivity contribution is 0.561. The summed E-state index contributed by atoms with van der Waals surface area (Å²) in [6.07, 6.45) is 0. The molecule has 2 aromatic heterocycles. The first-order chi connectivity index (χ1) is 8.24. The van der Waals surface area contributed by atoms with Gasteiger partial charge in [0, 0.05) is 16.3 Å². The Morgan fingerprint density at radius 2 is 1.94 bits per heavy atom. The molecular formula is C14H10O2S. The molecule has 0 fully saturated rings. The predicted octanol–water partition coefficient (Wildman–Crippen LogP) is 3.83. The quantitative estimate of drug-likeness (QED) is 0.607. The lowest BCUT2D eigenvalue weighted by atomic mass is 10.1. The number of fused-ring (bicyclic) bond motifs is 1. The lowest BCUT2D eigenvalue weighted by Gasteiger charge is -2.02. The Labute approximate surface area is 102 Å². The van der Waals surface area contributed by atoms with Gasteiger partial charge in [0.25, 0.3) is 0 Å². The van der Waals surface area contributed by atoms with Crippen LogP contribution in [0, 0.1) is 6.92 Å². The van der Waals surface area contributed by atoms with Crippen LogP contribution in [0.1, 0.15) is 4.88 Å². The molecular weight excluding hydrogens is 232 g/mol. The average Bonchev–Trinajstić information content (AvgIpc) is 2.74. The summed E-state index contributed by atoms with van der Waals surface area (Å²) in [5, 5.41) is 3.01. The predicted molar refractivity (Wildman–Crippen MR) is 70.5 cm³/mol. The van der Waals surface area contributed by atoms with Gasteiger partial charge >= 0.3 is 5.63 Å². The number of hydrogen-bond acceptors (Lipinski definition) is 3. The molecule has 0 spiro atoms. The molecule has 0 aliphatic heterocycles. The molecule has 3 aromatic rings. The Kier molecular flexibility index (Phi) is 2.34. The van der Waals surface area contributed by atoms with Gasteiger partial charge in [-0.2, -0.15) is 0 Å². The zero-order valence-electron chi connectivity index (χ0n) is 9.27. The van der Waals surface area contributed by atoms with Crippen molar-refractivity contribution in [1.29, 1.82) is 0 Å². The molecule has 0 aliphatic carbocycles. The van der Waals surface area contributed by atoms with Gasteiger partial charge in [0.15, 0.2) is 0 Å². The molecule has 3 rings (SSSR count). The Hall–Kier alpha value is -1.87. The number of hydrogen-bond donors (Lipinski definition) is 0. The monoisotopic (exact) mass is 242 g/mol. The van der Waals surface area contributed by atoms with Crippen LogP contribution in [0.3, 0.4) is 0 Å². The fourth-order valence-electron chi connectivity index (χ4n) is 1.91. The van der Waals surface area contributed by atoms with Gasteiger partial charge in [-0.3, -0.25) is 0 Å². The van der Waals surface area contributed by atoms with E-state index < -0.39 is 0 Å². The smallest absolute Gasteiger partial charge is 0.336 e. The number of thiophene rings is 1. The molecule has 84 valence electrons. The van der Waals surface area contributed by atoms with Crippen LogP contribution in [-0.2, 0) is 0 Å². The van der Waals surface area contributed by atoms with Crippen LogP contribution in [0.2, 0.25) is 0 Å². The molecule has 17 heavy (non-hydrogen) atoms. The minimum Gasteiger partial charge on any atom is -0.423 e. The van der Waals surface area contributed by atoms with Crippen LogP contribution < -0.4 is 5.63 Å². The zero-order chi connectivity index (χ0) is 11.8. The summed E-state index contributed by atoms with van der Waals surface area (Å²) in [5.74, 6) is 0. The van der Waals surface area contributed by atoms with E-state index in [0.29, 0.717) is 5.58 Å². The van der Waals surface area contributed by atoms with Crippen molar-refractivity contribution >= 4 is 22.3 Å². The van der Waals surface area contributed by atoms with Gasteiger partial charge in [-0.25, -0.2) is 4.79 Å². The highest BCUT2D eigenvalue weighted by Gasteiger charge is 2.05. The summed E-state index contributed by atoms with van der Waals surface area (Å²) in [6.45, 7) is 2.09. The standard InChI is InChI=1S/C14H10O2S/c1-9-12(6-7-17-9)11-3-2-10-4-5-14(15)16-13(10)8-11/h2-8H,1H3. The molecule has 3 heteroatoms. The second kappa shape index (κ2) is 3.86. The largest absolute Gasteiger partial charge is 0.423 e. The van der Waals surface area contributed by atoms with Crippen LogP contribution in [0.5, 0.6) is 0 Å². The van der Waals surface area contributed by atoms with Gasteiger partial charge in [-0.05, 0) is 41.6 Å². The maximum Gasteiger partial charge on any atom is 0.336 e. The summed E-state index contributed by atoms with van der Waals surface area (Å²) in [4.78, 5) is 12.4. The molecule has 2 heterocycles. The SMILES string of the molecule is Cc1sccc1-c1ccc2ccc(=O)oc2c1. The molecule has 0 atom stereocenters. The zero-order valence-corrected chi connectivity index (χ0v) is 10.1. The minimum absolute atomic E-state index is 0.309. The number of benzene rings is 1. The summed E-state index contributed by atoms with van der Waals surface area (Å²) in [7, 11) is 0. The van der Waals surface area contributed by atoms with Crippen LogP contribution in [0.4, 0.5) is 0 Å². The number of aryl methyl sites for hydroxylation is 1. The van der Waals surface area contributed by atoms with Crippen LogP contribution in [0.25, 0.3) is 22.1 Å². The Morgan fingerprint density at radius 3 is 2.71 bits per heavy atom. The van der Waals surface area contributed by atoms with Gasteiger partial charge in [0.1, 0.15) is 5.58 Å². The van der Waals surface area contributed by atoms with E-state index in [-0.39, 0.29) is 5.63 Å². The third-order valence-corrected chi connectivity index (χ3v) is 3.64. The Bertz CT molecular complexity index is 737. The Balaban J connectivity index is 2.26. The molecule has 0 N–H and O–H groups in total. The molecule has 1 aromatic carbocycles. The molecule has 0 saturated carbocycles.